The average Bonchev–Trinajstić information content (AvgIpc) is 3.02. The fourth-order valence-corrected chi connectivity index (χ4v) is 7.58. The summed E-state index contributed by atoms with van der Waals surface area (Å²) in [5.41, 5.74) is 1.41. The fourth-order valence-electron chi connectivity index (χ4n) is 2.60. The van der Waals surface area contributed by atoms with Gasteiger partial charge in [-0.25, -0.2) is 0 Å². The molecule has 2 aromatic heterocycles. The Morgan fingerprint density at radius 1 is 1.25 bits per heavy atom. The molecule has 4 rings (SSSR count). The summed E-state index contributed by atoms with van der Waals surface area (Å²) in [4.78, 5) is 14.0. The number of hydrogen-bond acceptors (Lipinski definition) is 4. The predicted molar refractivity (Wildman–Crippen MR) is 97.2 cm³/mol. The molecule has 3 heterocycles. The number of hydrogen-bond donors (Lipinski definition) is 0. The van der Waals surface area contributed by atoms with Crippen molar-refractivity contribution in [3.63, 3.8) is 0 Å². The maximum Gasteiger partial charge on any atom is 0.169 e. The number of ketones is 1. The summed E-state index contributed by atoms with van der Waals surface area (Å²) in [5, 5.41) is 2.51. The van der Waals surface area contributed by atoms with Crippen LogP contribution in [0.25, 0.3) is 20.2 Å². The van der Waals surface area contributed by atoms with Crippen molar-refractivity contribution in [2.75, 3.05) is 0 Å². The number of alkyl halides is 1. The van der Waals surface area contributed by atoms with Crippen molar-refractivity contribution >= 4 is 92.3 Å². The summed E-state index contributed by atoms with van der Waals surface area (Å²) in [7, 11) is 0. The largest absolute Gasteiger partial charge is 0.294 e. The number of rotatable bonds is 1. The number of fused-ring (bicyclic) bond motifs is 6. The van der Waals surface area contributed by atoms with Crippen LogP contribution in [0.4, 0.5) is 0 Å². The molecule has 102 valence electrons. The topological polar surface area (TPSA) is 17.1 Å². The van der Waals surface area contributed by atoms with Crippen molar-refractivity contribution < 1.29 is 4.79 Å². The fraction of sp³-hybridized carbons (Fsp3) is 0.214. The molecule has 0 amide bonds. The molecule has 1 aliphatic heterocycles. The standard InChI is InChI=1S/C14H8Br2OS3/c1-5(17)9-2-6-7-3-10(15)19-13(7)14-8(12(6)18-9)4-11(16)20-14/h2-3,11H,4H2,1H3. The zero-order chi connectivity index (χ0) is 14.0. The van der Waals surface area contributed by atoms with Gasteiger partial charge in [0, 0.05) is 20.4 Å². The summed E-state index contributed by atoms with van der Waals surface area (Å²) in [5.74, 6) is 0.156. The maximum absolute atomic E-state index is 11.7. The van der Waals surface area contributed by atoms with Gasteiger partial charge in [-0.3, -0.25) is 4.79 Å². The third-order valence-corrected chi connectivity index (χ3v) is 8.51. The molecule has 0 radical (unpaired) electrons. The van der Waals surface area contributed by atoms with E-state index in [1.165, 1.54) is 30.6 Å². The third kappa shape index (κ3) is 1.96. The number of halogens is 2. The van der Waals surface area contributed by atoms with E-state index in [-0.39, 0.29) is 5.78 Å². The van der Waals surface area contributed by atoms with Crippen LogP contribution in [0.2, 0.25) is 0 Å². The van der Waals surface area contributed by atoms with Gasteiger partial charge in [-0.15, -0.1) is 34.4 Å². The number of benzene rings is 1. The molecule has 0 N–H and O–H groups in total. The lowest BCUT2D eigenvalue weighted by atomic mass is 10.1. The van der Waals surface area contributed by atoms with Gasteiger partial charge < -0.3 is 0 Å². The van der Waals surface area contributed by atoms with Gasteiger partial charge in [0.1, 0.15) is 0 Å². The van der Waals surface area contributed by atoms with E-state index in [9.17, 15) is 4.79 Å². The second-order valence-electron chi connectivity index (χ2n) is 4.74. The first kappa shape index (κ1) is 13.8. The van der Waals surface area contributed by atoms with Gasteiger partial charge in [0.25, 0.3) is 0 Å². The Labute approximate surface area is 145 Å². The van der Waals surface area contributed by atoms with Crippen LogP contribution < -0.4 is 0 Å². The molecular formula is C14H8Br2OS3. The second kappa shape index (κ2) is 4.81. The quantitative estimate of drug-likeness (QED) is 0.315. The first-order chi connectivity index (χ1) is 9.54. The highest BCUT2D eigenvalue weighted by atomic mass is 79.9. The Balaban J connectivity index is 2.19. The lowest BCUT2D eigenvalue weighted by Gasteiger charge is -2.02. The molecule has 6 heteroatoms. The van der Waals surface area contributed by atoms with Crippen LogP contribution in [0, 0.1) is 0 Å². The summed E-state index contributed by atoms with van der Waals surface area (Å²) in [6, 6.07) is 4.25. The normalized spacial score (nSPS) is 18.1. The molecule has 0 fully saturated rings. The SMILES string of the molecule is CC(=O)c1cc2c(s1)c1c(c3sc(Br)cc32)SC(Br)C1. The molecule has 0 saturated heterocycles. The second-order valence-corrected chi connectivity index (χ2v) is 11.2. The average molecular weight is 448 g/mol. The van der Waals surface area contributed by atoms with Crippen molar-refractivity contribution in [1.29, 1.82) is 0 Å². The van der Waals surface area contributed by atoms with Gasteiger partial charge in [-0.1, -0.05) is 15.9 Å². The highest BCUT2D eigenvalue weighted by Gasteiger charge is 2.28. The minimum Gasteiger partial charge on any atom is -0.294 e. The Bertz CT molecular complexity index is 878. The molecule has 0 bridgehead atoms. The number of thioether (sulfide) groups is 1. The van der Waals surface area contributed by atoms with Gasteiger partial charge >= 0.3 is 0 Å². The summed E-state index contributed by atoms with van der Waals surface area (Å²) in [6.07, 6.45) is 1.03. The predicted octanol–water partition coefficient (Wildman–Crippen LogP) is 6.45. The van der Waals surface area contributed by atoms with Gasteiger partial charge in [0.2, 0.25) is 0 Å². The van der Waals surface area contributed by atoms with Crippen LogP contribution in [0.1, 0.15) is 22.2 Å². The van der Waals surface area contributed by atoms with Crippen LogP contribution >= 0.6 is 66.3 Å². The van der Waals surface area contributed by atoms with Crippen molar-refractivity contribution in [3.05, 3.63) is 26.4 Å². The Kier molecular flexibility index (Phi) is 3.31. The minimum absolute atomic E-state index is 0.156. The van der Waals surface area contributed by atoms with Gasteiger partial charge in [-0.2, -0.15) is 0 Å². The number of carbonyl (C=O) groups is 1. The van der Waals surface area contributed by atoms with E-state index in [4.69, 9.17) is 0 Å². The maximum atomic E-state index is 11.7. The molecule has 20 heavy (non-hydrogen) atoms. The monoisotopic (exact) mass is 446 g/mol. The van der Waals surface area contributed by atoms with Crippen molar-refractivity contribution in [2.24, 2.45) is 0 Å². The smallest absolute Gasteiger partial charge is 0.169 e. The zero-order valence-corrected chi connectivity index (χ0v) is 15.9. The van der Waals surface area contributed by atoms with Crippen molar-refractivity contribution in [1.82, 2.24) is 0 Å². The van der Waals surface area contributed by atoms with E-state index in [2.05, 4.69) is 44.0 Å². The van der Waals surface area contributed by atoms with Crippen molar-refractivity contribution in [3.8, 4) is 0 Å². The molecule has 0 aliphatic carbocycles. The molecule has 1 aliphatic rings. The number of thiophene rings is 2. The first-order valence-corrected chi connectivity index (χ1v) is 10.3. The lowest BCUT2D eigenvalue weighted by Crippen LogP contribution is -1.86. The van der Waals surface area contributed by atoms with Gasteiger partial charge in [0.15, 0.2) is 5.78 Å². The molecule has 1 nitrogen and oxygen atoms in total. The van der Waals surface area contributed by atoms with E-state index < -0.39 is 0 Å². The van der Waals surface area contributed by atoms with E-state index in [0.717, 1.165) is 15.1 Å². The van der Waals surface area contributed by atoms with E-state index in [0.29, 0.717) is 4.16 Å². The Morgan fingerprint density at radius 2 is 2.00 bits per heavy atom. The van der Waals surface area contributed by atoms with Crippen molar-refractivity contribution in [2.45, 2.75) is 22.4 Å². The molecule has 3 aromatic rings. The summed E-state index contributed by atoms with van der Waals surface area (Å²) < 4.78 is 4.23. The number of carbonyl (C=O) groups excluding carboxylic acids is 1. The van der Waals surface area contributed by atoms with Crippen LogP contribution in [-0.4, -0.2) is 9.94 Å². The highest BCUT2D eigenvalue weighted by Crippen LogP contribution is 2.52. The molecule has 0 saturated carbocycles. The van der Waals surface area contributed by atoms with E-state index in [1.54, 1.807) is 29.6 Å². The number of Topliss-reactive ketones (excluding diaryl/α,β-unsaturated/α-hetero) is 1. The van der Waals surface area contributed by atoms with Crippen LogP contribution in [-0.2, 0) is 6.42 Å². The van der Waals surface area contributed by atoms with Crippen LogP contribution in [0.5, 0.6) is 0 Å². The molecule has 1 unspecified atom stereocenters. The van der Waals surface area contributed by atoms with Gasteiger partial charge in [0.05, 0.1) is 17.5 Å². The Hall–Kier alpha value is 0.120. The van der Waals surface area contributed by atoms with E-state index >= 15 is 0 Å². The summed E-state index contributed by atoms with van der Waals surface area (Å²) in [6.45, 7) is 1.65. The molecule has 1 atom stereocenters. The first-order valence-electron chi connectivity index (χ1n) is 6.03. The molecule has 0 spiro atoms. The van der Waals surface area contributed by atoms with Gasteiger partial charge in [-0.05, 0) is 47.0 Å². The molecule has 1 aromatic carbocycles. The molecular weight excluding hydrogens is 440 g/mol. The highest BCUT2D eigenvalue weighted by molar-refractivity contribution is 9.11. The summed E-state index contributed by atoms with van der Waals surface area (Å²) >= 11 is 12.7. The lowest BCUT2D eigenvalue weighted by molar-refractivity contribution is 0.102. The third-order valence-electron chi connectivity index (χ3n) is 3.44. The van der Waals surface area contributed by atoms with E-state index in [1.807, 2.05) is 11.8 Å². The van der Waals surface area contributed by atoms with Crippen LogP contribution in [0.3, 0.4) is 0 Å². The van der Waals surface area contributed by atoms with Crippen LogP contribution in [0.15, 0.2) is 20.8 Å². The zero-order valence-electron chi connectivity index (χ0n) is 10.3. The Morgan fingerprint density at radius 3 is 2.75 bits per heavy atom. The minimum atomic E-state index is 0.156.